The highest BCUT2D eigenvalue weighted by Crippen LogP contribution is 2.16. The molecule has 1 aliphatic rings. The predicted octanol–water partition coefficient (Wildman–Crippen LogP) is 2.69. The molecule has 39 heavy (non-hydrogen) atoms. The van der Waals surface area contributed by atoms with E-state index in [9.17, 15) is 14.4 Å². The van der Waals surface area contributed by atoms with Gasteiger partial charge in [0.05, 0.1) is 0 Å². The second-order valence-electron chi connectivity index (χ2n) is 13.5. The smallest absolute Gasteiger partial charge is 0.323 e. The normalized spacial score (nSPS) is 20.6. The maximum atomic E-state index is 13.0. The molecule has 1 aliphatic heterocycles. The number of nitrogens with one attached hydrogen (secondary N) is 1. The first-order chi connectivity index (χ1) is 17.7. The number of ether oxygens (including phenoxy) is 3. The van der Waals surface area contributed by atoms with Crippen LogP contribution in [0.15, 0.2) is 0 Å². The van der Waals surface area contributed by atoms with Gasteiger partial charge in [-0.2, -0.15) is 0 Å². The Hall–Kier alpha value is -1.75. The minimum absolute atomic E-state index is 0.265. The molecule has 1 heterocycles. The minimum atomic E-state index is -0.599. The van der Waals surface area contributed by atoms with Crippen molar-refractivity contribution in [2.75, 3.05) is 52.4 Å². The number of carbonyl (C=O) groups is 3. The van der Waals surface area contributed by atoms with E-state index in [2.05, 4.69) is 20.0 Å². The van der Waals surface area contributed by atoms with Crippen LogP contribution >= 0.6 is 0 Å². The Labute approximate surface area is 237 Å². The summed E-state index contributed by atoms with van der Waals surface area (Å²) in [6, 6.07) is -1.37. The number of esters is 3. The van der Waals surface area contributed by atoms with Crippen molar-refractivity contribution in [3.05, 3.63) is 0 Å². The van der Waals surface area contributed by atoms with Crippen LogP contribution < -0.4 is 5.32 Å². The molecule has 228 valence electrons. The van der Waals surface area contributed by atoms with Crippen molar-refractivity contribution in [2.45, 2.75) is 118 Å². The van der Waals surface area contributed by atoms with Crippen molar-refractivity contribution in [3.8, 4) is 0 Å². The molecule has 0 amide bonds. The average Bonchev–Trinajstić information content (AvgIpc) is 2.74. The summed E-state index contributed by atoms with van der Waals surface area (Å²) in [6.45, 7) is 27.2. The van der Waals surface area contributed by atoms with Crippen LogP contribution in [0.3, 0.4) is 0 Å². The van der Waals surface area contributed by atoms with Gasteiger partial charge in [0.25, 0.3) is 0 Å². The van der Waals surface area contributed by atoms with Crippen molar-refractivity contribution < 1.29 is 28.6 Å². The Morgan fingerprint density at radius 3 is 0.974 bits per heavy atom. The van der Waals surface area contributed by atoms with E-state index in [0.717, 1.165) is 0 Å². The van der Waals surface area contributed by atoms with E-state index in [1.807, 2.05) is 83.1 Å². The Bertz CT molecular complexity index is 751. The van der Waals surface area contributed by atoms with Crippen molar-refractivity contribution in [1.82, 2.24) is 20.0 Å². The zero-order chi connectivity index (χ0) is 30.2. The Balaban J connectivity index is 3.15. The summed E-state index contributed by atoms with van der Waals surface area (Å²) in [6.07, 6.45) is 0. The molecule has 0 bridgehead atoms. The molecular weight excluding hydrogens is 500 g/mol. The van der Waals surface area contributed by atoms with Crippen LogP contribution in [0.5, 0.6) is 0 Å². The first-order valence-corrected chi connectivity index (χ1v) is 14.3. The molecular formula is C29H56N4O6. The van der Waals surface area contributed by atoms with Gasteiger partial charge in [-0.15, -0.1) is 0 Å². The molecule has 0 radical (unpaired) electrons. The minimum Gasteiger partial charge on any atom is -0.459 e. The topological polar surface area (TPSA) is 101 Å². The van der Waals surface area contributed by atoms with Crippen molar-refractivity contribution in [1.29, 1.82) is 0 Å². The van der Waals surface area contributed by atoms with E-state index >= 15 is 0 Å². The molecule has 1 rings (SSSR count). The highest BCUT2D eigenvalue weighted by atomic mass is 16.6. The molecule has 0 saturated carbocycles. The van der Waals surface area contributed by atoms with Gasteiger partial charge in [0, 0.05) is 52.4 Å². The summed E-state index contributed by atoms with van der Waals surface area (Å²) in [7, 11) is 0. The summed E-state index contributed by atoms with van der Waals surface area (Å²) < 4.78 is 17.0. The molecule has 1 saturated heterocycles. The highest BCUT2D eigenvalue weighted by molar-refractivity contribution is 5.76. The van der Waals surface area contributed by atoms with Gasteiger partial charge in [0.2, 0.25) is 0 Å². The number of nitrogens with zero attached hydrogens (tertiary/aromatic N) is 3. The van der Waals surface area contributed by atoms with Crippen LogP contribution in [0.1, 0.15) is 83.1 Å². The first kappa shape index (κ1) is 35.3. The number of carbonyl (C=O) groups excluding carboxylic acids is 3. The number of hydrogen-bond acceptors (Lipinski definition) is 10. The molecule has 0 spiro atoms. The molecule has 0 aromatic carbocycles. The fourth-order valence-electron chi connectivity index (χ4n) is 4.19. The van der Waals surface area contributed by atoms with Gasteiger partial charge < -0.3 is 19.5 Å². The monoisotopic (exact) mass is 556 g/mol. The molecule has 0 aromatic heterocycles. The lowest BCUT2D eigenvalue weighted by atomic mass is 10.1. The van der Waals surface area contributed by atoms with E-state index in [4.69, 9.17) is 14.2 Å². The standard InChI is InChI=1S/C29H56N4O6/c1-21(24(34)37-27(4,5)6)31-15-13-30-14-16-32(22(2)25(35)38-28(7,8)9)18-20-33(19-17-31)23(3)26(36)39-29(10,11)12/h21-23,30H,13-20H2,1-12H3/t21-,22-,23-/m1/s1. The lowest BCUT2D eigenvalue weighted by Crippen LogP contribution is -2.54. The third kappa shape index (κ3) is 13.9. The number of hydrogen-bond donors (Lipinski definition) is 1. The van der Waals surface area contributed by atoms with E-state index in [-0.39, 0.29) is 17.9 Å². The van der Waals surface area contributed by atoms with Crippen LogP contribution in [0.2, 0.25) is 0 Å². The summed E-state index contributed by atoms with van der Waals surface area (Å²) in [5.41, 5.74) is -1.73. The Morgan fingerprint density at radius 1 is 0.513 bits per heavy atom. The lowest BCUT2D eigenvalue weighted by Gasteiger charge is -2.37. The van der Waals surface area contributed by atoms with E-state index in [1.54, 1.807) is 0 Å². The predicted molar refractivity (Wildman–Crippen MR) is 154 cm³/mol. The summed E-state index contributed by atoms with van der Waals surface area (Å²) in [5.74, 6) is -0.827. The fourth-order valence-corrected chi connectivity index (χ4v) is 4.19. The highest BCUT2D eigenvalue weighted by Gasteiger charge is 2.32. The van der Waals surface area contributed by atoms with Crippen molar-refractivity contribution in [2.24, 2.45) is 0 Å². The largest absolute Gasteiger partial charge is 0.459 e. The van der Waals surface area contributed by atoms with E-state index < -0.39 is 34.9 Å². The summed E-state index contributed by atoms with van der Waals surface area (Å²) >= 11 is 0. The molecule has 1 N–H and O–H groups in total. The fraction of sp³-hybridized carbons (Fsp3) is 0.897. The third-order valence-electron chi connectivity index (χ3n) is 6.39. The van der Waals surface area contributed by atoms with Crippen molar-refractivity contribution >= 4 is 17.9 Å². The van der Waals surface area contributed by atoms with Gasteiger partial charge in [-0.1, -0.05) is 0 Å². The molecule has 1 fully saturated rings. The van der Waals surface area contributed by atoms with Crippen LogP contribution in [0.25, 0.3) is 0 Å². The van der Waals surface area contributed by atoms with Gasteiger partial charge in [0.15, 0.2) is 0 Å². The zero-order valence-corrected chi connectivity index (χ0v) is 26.7. The van der Waals surface area contributed by atoms with Gasteiger partial charge >= 0.3 is 17.9 Å². The summed E-state index contributed by atoms with van der Waals surface area (Å²) in [5, 5.41) is 3.45. The number of rotatable bonds is 6. The van der Waals surface area contributed by atoms with Gasteiger partial charge in [-0.05, 0) is 83.1 Å². The second-order valence-corrected chi connectivity index (χ2v) is 13.5. The first-order valence-electron chi connectivity index (χ1n) is 14.3. The molecule has 0 aliphatic carbocycles. The summed E-state index contributed by atoms with van der Waals surface area (Å²) in [4.78, 5) is 45.1. The quantitative estimate of drug-likeness (QED) is 0.388. The van der Waals surface area contributed by atoms with Crippen LogP contribution in [-0.2, 0) is 28.6 Å². The third-order valence-corrected chi connectivity index (χ3v) is 6.39. The SMILES string of the molecule is C[C@H](C(=O)OC(C)(C)C)N1CCNCCN([C@H](C)C(=O)OC(C)(C)C)CCN([C@H](C)C(=O)OC(C)(C)C)CC1. The molecule has 0 aromatic rings. The van der Waals surface area contributed by atoms with Gasteiger partial charge in [0.1, 0.15) is 34.9 Å². The van der Waals surface area contributed by atoms with E-state index in [0.29, 0.717) is 52.4 Å². The lowest BCUT2D eigenvalue weighted by molar-refractivity contribution is -0.164. The average molecular weight is 557 g/mol. The molecule has 10 heteroatoms. The Morgan fingerprint density at radius 2 is 0.744 bits per heavy atom. The van der Waals surface area contributed by atoms with Crippen molar-refractivity contribution in [3.63, 3.8) is 0 Å². The molecule has 10 nitrogen and oxygen atoms in total. The Kier molecular flexibility index (Phi) is 13.3. The van der Waals surface area contributed by atoms with Crippen LogP contribution in [0.4, 0.5) is 0 Å². The maximum Gasteiger partial charge on any atom is 0.323 e. The second kappa shape index (κ2) is 14.8. The maximum absolute atomic E-state index is 13.0. The van der Waals surface area contributed by atoms with E-state index in [1.165, 1.54) is 0 Å². The molecule has 3 atom stereocenters. The van der Waals surface area contributed by atoms with Gasteiger partial charge in [-0.25, -0.2) is 0 Å². The zero-order valence-electron chi connectivity index (χ0n) is 26.7. The van der Waals surface area contributed by atoms with Gasteiger partial charge in [-0.3, -0.25) is 29.1 Å². The van der Waals surface area contributed by atoms with Crippen LogP contribution in [-0.4, -0.2) is 120 Å². The van der Waals surface area contributed by atoms with Crippen LogP contribution in [0, 0.1) is 0 Å². The molecule has 0 unspecified atom stereocenters.